The summed E-state index contributed by atoms with van der Waals surface area (Å²) in [5.74, 6) is 0. The van der Waals surface area contributed by atoms with E-state index >= 15 is 0 Å². The molecule has 0 unspecified atom stereocenters. The summed E-state index contributed by atoms with van der Waals surface area (Å²) >= 11 is 6.40. The molecule has 0 aliphatic rings. The summed E-state index contributed by atoms with van der Waals surface area (Å²) in [5.41, 5.74) is 0. The van der Waals surface area contributed by atoms with E-state index in [1.165, 1.54) is 38.0 Å². The smallest absolute Gasteiger partial charge is 0.0652 e. The number of halogens is 1. The third-order valence-corrected chi connectivity index (χ3v) is 5.47. The van der Waals surface area contributed by atoms with Crippen LogP contribution < -0.4 is 0 Å². The van der Waals surface area contributed by atoms with Gasteiger partial charge in [0.1, 0.15) is 6.62 Å². The van der Waals surface area contributed by atoms with Gasteiger partial charge in [-0.1, -0.05) is 26.7 Å². The zero-order valence-electron chi connectivity index (χ0n) is 8.07. The topological polar surface area (TPSA) is 0 Å². The summed E-state index contributed by atoms with van der Waals surface area (Å²) in [5, 5.41) is 0. The second-order valence-corrected chi connectivity index (χ2v) is 9.29. The summed E-state index contributed by atoms with van der Waals surface area (Å²) in [6.45, 7) is 5.74. The molecule has 0 aliphatic carbocycles. The van der Waals surface area contributed by atoms with E-state index in [-0.39, 0.29) is 0 Å². The highest BCUT2D eigenvalue weighted by Gasteiger charge is 2.27. The zero-order chi connectivity index (χ0) is 8.74. The molecule has 0 atom stereocenters. The van der Waals surface area contributed by atoms with E-state index in [0.29, 0.717) is 0 Å². The molecule has 0 amide bonds. The molecular weight excluding hydrogens is 175 g/mol. The lowest BCUT2D eigenvalue weighted by Gasteiger charge is -2.12. The van der Waals surface area contributed by atoms with E-state index in [1.807, 2.05) is 0 Å². The van der Waals surface area contributed by atoms with Gasteiger partial charge in [-0.25, -0.2) is 0 Å². The molecule has 2 heteroatoms. The van der Waals surface area contributed by atoms with Crippen molar-refractivity contribution in [2.45, 2.75) is 39.5 Å². The van der Waals surface area contributed by atoms with Gasteiger partial charge in [0.2, 0.25) is 0 Å². The van der Waals surface area contributed by atoms with Crippen molar-refractivity contribution in [1.29, 1.82) is 0 Å². The summed E-state index contributed by atoms with van der Waals surface area (Å²) in [4.78, 5) is 0. The van der Waals surface area contributed by atoms with Gasteiger partial charge in [0.25, 0.3) is 0 Å². The molecule has 0 spiro atoms. The molecular formula is C9H21ClP+. The first-order valence-electron chi connectivity index (χ1n) is 4.66. The quantitative estimate of drug-likeness (QED) is 0.552. The van der Waals surface area contributed by atoms with Crippen molar-refractivity contribution in [3.63, 3.8) is 0 Å². The largest absolute Gasteiger partial charge is 0.110 e. The van der Waals surface area contributed by atoms with Gasteiger partial charge in [-0.15, -0.1) is 0 Å². The Kier molecular flexibility index (Phi) is 6.67. The Hall–Kier alpha value is 0.720. The van der Waals surface area contributed by atoms with Gasteiger partial charge in [-0.2, -0.15) is 0 Å². The van der Waals surface area contributed by atoms with Crippen LogP contribution >= 0.6 is 17.9 Å². The summed E-state index contributed by atoms with van der Waals surface area (Å²) in [6, 6.07) is 0. The Morgan fingerprint density at radius 2 is 1.36 bits per heavy atom. The van der Waals surface area contributed by atoms with Gasteiger partial charge < -0.3 is 0 Å². The first-order chi connectivity index (χ1) is 5.12. The fraction of sp³-hybridized carbons (Fsp3) is 1.00. The predicted octanol–water partition coefficient (Wildman–Crippen LogP) is 4.39. The fourth-order valence-electron chi connectivity index (χ4n) is 1.09. The molecule has 0 aromatic heterocycles. The van der Waals surface area contributed by atoms with Crippen LogP contribution in [-0.4, -0.2) is 19.0 Å². The molecule has 0 nitrogen and oxygen atoms in total. The van der Waals surface area contributed by atoms with Crippen molar-refractivity contribution in [3.05, 3.63) is 0 Å². The molecule has 0 radical (unpaired) electrons. The van der Waals surface area contributed by atoms with Crippen LogP contribution in [0.1, 0.15) is 39.5 Å². The molecule has 0 N–H and O–H groups in total. The van der Waals surface area contributed by atoms with Crippen LogP contribution in [0.15, 0.2) is 0 Å². The van der Waals surface area contributed by atoms with Gasteiger partial charge >= 0.3 is 0 Å². The number of rotatable bonds is 6. The minimum absolute atomic E-state index is 1.00. The van der Waals surface area contributed by atoms with E-state index in [4.69, 9.17) is 11.2 Å². The molecule has 0 saturated heterocycles. The van der Waals surface area contributed by atoms with Crippen LogP contribution in [0.2, 0.25) is 0 Å². The van der Waals surface area contributed by atoms with E-state index < -0.39 is 6.62 Å². The molecule has 11 heavy (non-hydrogen) atoms. The zero-order valence-corrected chi connectivity index (χ0v) is 9.72. The highest BCUT2D eigenvalue weighted by molar-refractivity contribution is 7.98. The average molecular weight is 196 g/mol. The fourth-order valence-corrected chi connectivity index (χ4v) is 3.98. The summed E-state index contributed by atoms with van der Waals surface area (Å²) < 4.78 is 0. The van der Waals surface area contributed by atoms with Gasteiger partial charge in [0.05, 0.1) is 30.2 Å². The second-order valence-electron chi connectivity index (χ2n) is 3.42. The van der Waals surface area contributed by atoms with Crippen molar-refractivity contribution in [3.8, 4) is 0 Å². The van der Waals surface area contributed by atoms with Crippen LogP contribution in [0.25, 0.3) is 0 Å². The molecule has 68 valence electrons. The number of unbranched alkanes of at least 4 members (excludes halogenated alkanes) is 2. The molecule has 0 rings (SSSR count). The molecule has 0 bridgehead atoms. The average Bonchev–Trinajstić information content (AvgIpc) is 1.97. The SMILES string of the molecule is CCCC[P+](C)(Cl)CCCC. The minimum atomic E-state index is -1.00. The molecule has 0 heterocycles. The predicted molar refractivity (Wildman–Crippen MR) is 58.2 cm³/mol. The van der Waals surface area contributed by atoms with Crippen LogP contribution in [0, 0.1) is 0 Å². The Morgan fingerprint density at radius 3 is 1.64 bits per heavy atom. The number of hydrogen-bond acceptors (Lipinski definition) is 0. The first-order valence-corrected chi connectivity index (χ1v) is 8.17. The van der Waals surface area contributed by atoms with Gasteiger partial charge in [0.15, 0.2) is 0 Å². The molecule has 0 aromatic carbocycles. The van der Waals surface area contributed by atoms with Crippen LogP contribution in [0.4, 0.5) is 0 Å². The molecule has 0 aliphatic heterocycles. The molecule has 0 fully saturated rings. The highest BCUT2D eigenvalue weighted by atomic mass is 35.7. The monoisotopic (exact) mass is 195 g/mol. The van der Waals surface area contributed by atoms with Gasteiger partial charge in [0, 0.05) is 0 Å². The number of hydrogen-bond donors (Lipinski definition) is 0. The minimum Gasteiger partial charge on any atom is -0.0652 e. The standard InChI is InChI=1S/C9H21ClP/c1-4-6-8-11(3,10)9-7-5-2/h4-9H2,1-3H3/q+1. The third kappa shape index (κ3) is 7.09. The van der Waals surface area contributed by atoms with Crippen LogP contribution in [0.5, 0.6) is 0 Å². The van der Waals surface area contributed by atoms with Crippen LogP contribution in [0.3, 0.4) is 0 Å². The maximum absolute atomic E-state index is 6.40. The van der Waals surface area contributed by atoms with Gasteiger partial charge in [-0.3, -0.25) is 0 Å². The maximum atomic E-state index is 6.40. The Labute approximate surface area is 76.8 Å². The van der Waals surface area contributed by atoms with E-state index in [9.17, 15) is 0 Å². The van der Waals surface area contributed by atoms with Crippen molar-refractivity contribution < 1.29 is 0 Å². The highest BCUT2D eigenvalue weighted by Crippen LogP contribution is 2.61. The van der Waals surface area contributed by atoms with E-state index in [1.54, 1.807) is 0 Å². The Balaban J connectivity index is 3.43. The lowest BCUT2D eigenvalue weighted by molar-refractivity contribution is 0.867. The third-order valence-electron chi connectivity index (χ3n) is 1.96. The van der Waals surface area contributed by atoms with E-state index in [2.05, 4.69) is 20.5 Å². The van der Waals surface area contributed by atoms with Crippen molar-refractivity contribution in [2.75, 3.05) is 19.0 Å². The molecule has 0 saturated carbocycles. The van der Waals surface area contributed by atoms with Crippen LogP contribution in [-0.2, 0) is 0 Å². The Morgan fingerprint density at radius 1 is 1.00 bits per heavy atom. The van der Waals surface area contributed by atoms with Crippen molar-refractivity contribution in [2.24, 2.45) is 0 Å². The lowest BCUT2D eigenvalue weighted by atomic mass is 10.4. The summed E-state index contributed by atoms with van der Waals surface area (Å²) in [7, 11) is 0. The Bertz CT molecular complexity index is 81.6. The summed E-state index contributed by atoms with van der Waals surface area (Å²) in [6.07, 6.45) is 7.77. The molecule has 0 aromatic rings. The van der Waals surface area contributed by atoms with E-state index in [0.717, 1.165) is 0 Å². The van der Waals surface area contributed by atoms with Gasteiger partial charge in [-0.05, 0) is 12.8 Å². The maximum Gasteiger partial charge on any atom is 0.110 e. The van der Waals surface area contributed by atoms with Crippen molar-refractivity contribution in [1.82, 2.24) is 0 Å². The van der Waals surface area contributed by atoms with Crippen molar-refractivity contribution >= 4 is 17.9 Å². The lowest BCUT2D eigenvalue weighted by Crippen LogP contribution is -1.95. The first kappa shape index (κ1) is 11.7. The normalized spacial score (nSPS) is 12.0. The second kappa shape index (κ2) is 6.26.